The normalized spacial score (nSPS) is 11.5. The molecule has 2 nitrogen and oxygen atoms in total. The van der Waals surface area contributed by atoms with Gasteiger partial charge in [0, 0.05) is 23.2 Å². The SMILES string of the molecule is CC(=O)CCc1c(C(C)C)n(-c2ccc(F)c(C)c2)c2ccc(F)cc12. The minimum atomic E-state index is -0.302. The molecule has 4 heteroatoms. The van der Waals surface area contributed by atoms with E-state index in [1.807, 2.05) is 0 Å². The molecule has 0 radical (unpaired) electrons. The molecule has 0 aliphatic heterocycles. The lowest BCUT2D eigenvalue weighted by atomic mass is 9.98. The Bertz CT molecular complexity index is 985. The van der Waals surface area contributed by atoms with Crippen LogP contribution in [0.25, 0.3) is 16.6 Å². The van der Waals surface area contributed by atoms with Crippen LogP contribution in [0.5, 0.6) is 0 Å². The summed E-state index contributed by atoms with van der Waals surface area (Å²) in [6, 6.07) is 9.73. The number of nitrogens with zero attached hydrogens (tertiary/aromatic N) is 1. The number of fused-ring (bicyclic) bond motifs is 1. The molecule has 0 bridgehead atoms. The van der Waals surface area contributed by atoms with E-state index in [0.29, 0.717) is 18.4 Å². The number of carbonyl (C=O) groups is 1. The Balaban J connectivity index is 2.34. The van der Waals surface area contributed by atoms with Crippen LogP contribution in [0.15, 0.2) is 36.4 Å². The van der Waals surface area contributed by atoms with Gasteiger partial charge < -0.3 is 9.36 Å². The quantitative estimate of drug-likeness (QED) is 0.562. The van der Waals surface area contributed by atoms with Crippen LogP contribution in [0.3, 0.4) is 0 Å². The Morgan fingerprint density at radius 3 is 2.46 bits per heavy atom. The molecule has 26 heavy (non-hydrogen) atoms. The second kappa shape index (κ2) is 7.02. The molecule has 3 rings (SSSR count). The molecule has 0 atom stereocenters. The first-order valence-electron chi connectivity index (χ1n) is 8.88. The van der Waals surface area contributed by atoms with E-state index in [4.69, 9.17) is 0 Å². The Kier molecular flexibility index (Phi) is 4.94. The fraction of sp³-hybridized carbons (Fsp3) is 0.318. The predicted octanol–water partition coefficient (Wildman–Crippen LogP) is 5.86. The van der Waals surface area contributed by atoms with Crippen molar-refractivity contribution in [1.82, 2.24) is 4.57 Å². The van der Waals surface area contributed by atoms with Crippen molar-refractivity contribution in [2.24, 2.45) is 0 Å². The maximum atomic E-state index is 14.0. The molecule has 1 heterocycles. The first kappa shape index (κ1) is 18.3. The van der Waals surface area contributed by atoms with Gasteiger partial charge in [-0.3, -0.25) is 0 Å². The van der Waals surface area contributed by atoms with Gasteiger partial charge in [0.15, 0.2) is 0 Å². The first-order valence-corrected chi connectivity index (χ1v) is 8.88. The van der Waals surface area contributed by atoms with Gasteiger partial charge in [-0.15, -0.1) is 0 Å². The molecule has 0 aliphatic carbocycles. The standard InChI is InChI=1S/C22H23F2NO/c1-13(2)22-18(8-5-15(4)26)19-12-16(23)6-10-21(19)25(22)17-7-9-20(24)14(3)11-17/h6-7,9-13H,5,8H2,1-4H3. The fourth-order valence-electron chi connectivity index (χ4n) is 3.56. The second-order valence-corrected chi connectivity index (χ2v) is 7.15. The third-order valence-electron chi connectivity index (χ3n) is 4.75. The summed E-state index contributed by atoms with van der Waals surface area (Å²) in [6.45, 7) is 7.46. The Morgan fingerprint density at radius 1 is 1.12 bits per heavy atom. The van der Waals surface area contributed by atoms with Gasteiger partial charge in [0.2, 0.25) is 0 Å². The van der Waals surface area contributed by atoms with E-state index >= 15 is 0 Å². The molecule has 0 amide bonds. The Labute approximate surface area is 152 Å². The monoisotopic (exact) mass is 355 g/mol. The van der Waals surface area contributed by atoms with Crippen molar-refractivity contribution in [3.8, 4) is 5.69 Å². The van der Waals surface area contributed by atoms with Crippen molar-refractivity contribution in [2.45, 2.75) is 46.5 Å². The number of hydrogen-bond acceptors (Lipinski definition) is 1. The Morgan fingerprint density at radius 2 is 1.85 bits per heavy atom. The summed E-state index contributed by atoms with van der Waals surface area (Å²) in [7, 11) is 0. The molecule has 0 saturated carbocycles. The van der Waals surface area contributed by atoms with Crippen molar-refractivity contribution >= 4 is 16.7 Å². The lowest BCUT2D eigenvalue weighted by Crippen LogP contribution is -2.06. The number of benzene rings is 2. The third-order valence-corrected chi connectivity index (χ3v) is 4.75. The zero-order chi connectivity index (χ0) is 19.0. The van der Waals surface area contributed by atoms with Crippen molar-refractivity contribution < 1.29 is 13.6 Å². The van der Waals surface area contributed by atoms with Crippen LogP contribution in [-0.2, 0) is 11.2 Å². The molecule has 136 valence electrons. The molecule has 3 aromatic rings. The van der Waals surface area contributed by atoms with Gasteiger partial charge in [-0.2, -0.15) is 0 Å². The second-order valence-electron chi connectivity index (χ2n) is 7.15. The van der Waals surface area contributed by atoms with E-state index in [0.717, 1.165) is 27.8 Å². The molecule has 1 aromatic heterocycles. The average molecular weight is 355 g/mol. The average Bonchev–Trinajstić information content (AvgIpc) is 2.89. The molecule has 2 aromatic carbocycles. The van der Waals surface area contributed by atoms with Crippen LogP contribution >= 0.6 is 0 Å². The molecular formula is C22H23F2NO. The van der Waals surface area contributed by atoms with Crippen molar-refractivity contribution in [3.63, 3.8) is 0 Å². The van der Waals surface area contributed by atoms with Gasteiger partial charge in [-0.05, 0) is 73.7 Å². The number of ketones is 1. The largest absolute Gasteiger partial charge is 0.313 e. The van der Waals surface area contributed by atoms with E-state index in [1.165, 1.54) is 18.2 Å². The minimum absolute atomic E-state index is 0.106. The number of rotatable bonds is 5. The van der Waals surface area contributed by atoms with E-state index < -0.39 is 0 Å². The van der Waals surface area contributed by atoms with E-state index in [9.17, 15) is 13.6 Å². The lowest BCUT2D eigenvalue weighted by molar-refractivity contribution is -0.116. The summed E-state index contributed by atoms with van der Waals surface area (Å²) < 4.78 is 29.8. The van der Waals surface area contributed by atoms with Crippen LogP contribution in [0.4, 0.5) is 8.78 Å². The van der Waals surface area contributed by atoms with Crippen molar-refractivity contribution in [1.29, 1.82) is 0 Å². The zero-order valence-corrected chi connectivity index (χ0v) is 15.6. The van der Waals surface area contributed by atoms with Gasteiger partial charge in [0.25, 0.3) is 0 Å². The van der Waals surface area contributed by atoms with Gasteiger partial charge in [0.05, 0.1) is 5.52 Å². The molecule has 0 fully saturated rings. The molecule has 0 saturated heterocycles. The van der Waals surface area contributed by atoms with Crippen LogP contribution in [0.1, 0.15) is 49.9 Å². The predicted molar refractivity (Wildman–Crippen MR) is 101 cm³/mol. The summed E-state index contributed by atoms with van der Waals surface area (Å²) in [5.74, 6) is -0.282. The molecule has 0 N–H and O–H groups in total. The van der Waals surface area contributed by atoms with Crippen LogP contribution < -0.4 is 0 Å². The van der Waals surface area contributed by atoms with E-state index in [1.54, 1.807) is 32.0 Å². The highest BCUT2D eigenvalue weighted by Gasteiger charge is 2.21. The lowest BCUT2D eigenvalue weighted by Gasteiger charge is -2.16. The highest BCUT2D eigenvalue weighted by molar-refractivity contribution is 5.88. The molecule has 0 aliphatic rings. The Hall–Kier alpha value is -2.49. The van der Waals surface area contributed by atoms with E-state index in [2.05, 4.69) is 18.4 Å². The van der Waals surface area contributed by atoms with Crippen molar-refractivity contribution in [2.75, 3.05) is 0 Å². The number of halogens is 2. The third kappa shape index (κ3) is 3.28. The summed E-state index contributed by atoms with van der Waals surface area (Å²) in [4.78, 5) is 11.5. The highest BCUT2D eigenvalue weighted by atomic mass is 19.1. The number of hydrogen-bond donors (Lipinski definition) is 0. The minimum Gasteiger partial charge on any atom is -0.313 e. The van der Waals surface area contributed by atoms with Gasteiger partial charge in [-0.1, -0.05) is 13.8 Å². The summed E-state index contributed by atoms with van der Waals surface area (Å²) in [5.41, 5.74) is 4.31. The topological polar surface area (TPSA) is 22.0 Å². The van der Waals surface area contributed by atoms with E-state index in [-0.39, 0.29) is 23.3 Å². The van der Waals surface area contributed by atoms with Crippen LogP contribution in [0, 0.1) is 18.6 Å². The zero-order valence-electron chi connectivity index (χ0n) is 15.6. The molecule has 0 spiro atoms. The summed E-state index contributed by atoms with van der Waals surface area (Å²) >= 11 is 0. The van der Waals surface area contributed by atoms with Gasteiger partial charge in [-0.25, -0.2) is 8.78 Å². The smallest absolute Gasteiger partial charge is 0.130 e. The van der Waals surface area contributed by atoms with Gasteiger partial charge >= 0.3 is 0 Å². The van der Waals surface area contributed by atoms with Gasteiger partial charge in [0.1, 0.15) is 17.4 Å². The summed E-state index contributed by atoms with van der Waals surface area (Å²) in [5, 5.41) is 0.817. The number of carbonyl (C=O) groups excluding carboxylic acids is 1. The molecule has 0 unspecified atom stereocenters. The maximum Gasteiger partial charge on any atom is 0.130 e. The summed E-state index contributed by atoms with van der Waals surface area (Å²) in [6.07, 6.45) is 0.980. The maximum absolute atomic E-state index is 14.0. The fourth-order valence-corrected chi connectivity index (χ4v) is 3.56. The van der Waals surface area contributed by atoms with Crippen molar-refractivity contribution in [3.05, 3.63) is 64.9 Å². The van der Waals surface area contributed by atoms with Crippen LogP contribution in [-0.4, -0.2) is 10.4 Å². The number of aryl methyl sites for hydroxylation is 2. The van der Waals surface area contributed by atoms with Crippen LogP contribution in [0.2, 0.25) is 0 Å². The number of aromatic nitrogens is 1. The number of Topliss-reactive ketones (excluding diaryl/α,β-unsaturated/α-hetero) is 1. The first-order chi connectivity index (χ1) is 12.3. The highest BCUT2D eigenvalue weighted by Crippen LogP contribution is 2.35. The molecular weight excluding hydrogens is 332 g/mol.